The molecule has 1 rings (SSSR count). The highest BCUT2D eigenvalue weighted by molar-refractivity contribution is 6.01. The Hall–Kier alpha value is -1.59. The molecule has 0 spiro atoms. The van der Waals surface area contributed by atoms with Gasteiger partial charge in [-0.15, -0.1) is 0 Å². The minimum atomic E-state index is -0.747. The van der Waals surface area contributed by atoms with Crippen LogP contribution in [-0.4, -0.2) is 49.0 Å². The first-order chi connectivity index (χ1) is 9.60. The number of Topliss-reactive ketones (excluding diaryl/α,β-unsaturated/α-hetero) is 1. The van der Waals surface area contributed by atoms with E-state index in [1.165, 1.54) is 4.90 Å². The highest BCUT2D eigenvalue weighted by atomic mass is 16.6. The molecule has 1 fully saturated rings. The van der Waals surface area contributed by atoms with Crippen LogP contribution in [0.25, 0.3) is 0 Å². The maximum atomic E-state index is 12.0. The normalized spacial score (nSPS) is 19.4. The zero-order chi connectivity index (χ0) is 15.0. The Morgan fingerprint density at radius 1 is 1.30 bits per heavy atom. The number of ketones is 1. The minimum Gasteiger partial charge on any atom is -0.465 e. The number of likely N-dealkylation sites (tertiary alicyclic amines) is 1. The monoisotopic (exact) mass is 285 g/mol. The number of carbonyl (C=O) groups excluding carboxylic acids is 3. The summed E-state index contributed by atoms with van der Waals surface area (Å²) in [5.74, 6) is -1.50. The zero-order valence-electron chi connectivity index (χ0n) is 12.2. The summed E-state index contributed by atoms with van der Waals surface area (Å²) in [6.45, 7) is 4.69. The van der Waals surface area contributed by atoms with Crippen LogP contribution in [0.5, 0.6) is 0 Å². The Bertz CT molecular complexity index is 355. The van der Waals surface area contributed by atoms with Gasteiger partial charge in [0.15, 0.2) is 5.78 Å². The van der Waals surface area contributed by atoms with Crippen molar-refractivity contribution in [3.63, 3.8) is 0 Å². The average Bonchev–Trinajstić information content (AvgIpc) is 2.61. The molecule has 1 aliphatic heterocycles. The summed E-state index contributed by atoms with van der Waals surface area (Å²) in [5, 5.41) is 0. The van der Waals surface area contributed by atoms with E-state index in [2.05, 4.69) is 0 Å². The minimum absolute atomic E-state index is 0.0750. The van der Waals surface area contributed by atoms with Crippen LogP contribution in [0.2, 0.25) is 0 Å². The van der Waals surface area contributed by atoms with E-state index < -0.39 is 18.0 Å². The van der Waals surface area contributed by atoms with Gasteiger partial charge in [0.1, 0.15) is 5.92 Å². The van der Waals surface area contributed by atoms with E-state index in [4.69, 9.17) is 9.47 Å². The second kappa shape index (κ2) is 8.55. The summed E-state index contributed by atoms with van der Waals surface area (Å²) in [6, 6.07) is 0. The molecule has 6 nitrogen and oxygen atoms in total. The Labute approximate surface area is 119 Å². The molecule has 0 aromatic carbocycles. The molecule has 0 aromatic heterocycles. The molecular formula is C14H23NO5. The molecule has 0 bridgehead atoms. The van der Waals surface area contributed by atoms with Crippen LogP contribution >= 0.6 is 0 Å². The van der Waals surface area contributed by atoms with Crippen molar-refractivity contribution >= 4 is 17.8 Å². The number of rotatable bonds is 5. The first-order valence-corrected chi connectivity index (χ1v) is 7.21. The molecule has 0 saturated carbocycles. The van der Waals surface area contributed by atoms with Crippen LogP contribution in [0.15, 0.2) is 0 Å². The van der Waals surface area contributed by atoms with Crippen molar-refractivity contribution in [3.8, 4) is 0 Å². The van der Waals surface area contributed by atoms with Gasteiger partial charge in [-0.05, 0) is 26.2 Å². The van der Waals surface area contributed by atoms with E-state index in [1.807, 2.05) is 6.92 Å². The van der Waals surface area contributed by atoms with Crippen LogP contribution in [0.1, 0.15) is 39.5 Å². The third-order valence-electron chi connectivity index (χ3n) is 3.21. The topological polar surface area (TPSA) is 72.9 Å². The van der Waals surface area contributed by atoms with Crippen molar-refractivity contribution in [2.75, 3.05) is 26.3 Å². The van der Waals surface area contributed by atoms with Crippen LogP contribution in [0.3, 0.4) is 0 Å². The smallest absolute Gasteiger partial charge is 0.410 e. The predicted octanol–water partition coefficient (Wildman–Crippen LogP) is 1.77. The molecule has 1 heterocycles. The third-order valence-corrected chi connectivity index (χ3v) is 3.21. The molecule has 1 atom stereocenters. The maximum absolute atomic E-state index is 12.0. The highest BCUT2D eigenvalue weighted by Crippen LogP contribution is 2.17. The van der Waals surface area contributed by atoms with Gasteiger partial charge in [0.05, 0.1) is 19.8 Å². The lowest BCUT2D eigenvalue weighted by molar-refractivity contribution is -0.151. The van der Waals surface area contributed by atoms with Gasteiger partial charge in [-0.2, -0.15) is 0 Å². The summed E-state index contributed by atoms with van der Waals surface area (Å²) in [5.41, 5.74) is 0. The van der Waals surface area contributed by atoms with Crippen molar-refractivity contribution < 1.29 is 23.9 Å². The second-order valence-electron chi connectivity index (χ2n) is 4.80. The van der Waals surface area contributed by atoms with E-state index in [0.717, 1.165) is 12.8 Å². The van der Waals surface area contributed by atoms with Gasteiger partial charge in [0.25, 0.3) is 0 Å². The number of ether oxygens (including phenoxy) is 2. The third kappa shape index (κ3) is 4.83. The van der Waals surface area contributed by atoms with Gasteiger partial charge in [-0.25, -0.2) is 4.79 Å². The summed E-state index contributed by atoms with van der Waals surface area (Å²) >= 11 is 0. The largest absolute Gasteiger partial charge is 0.465 e. The number of amides is 1. The predicted molar refractivity (Wildman–Crippen MR) is 72.2 cm³/mol. The van der Waals surface area contributed by atoms with Crippen molar-refractivity contribution in [1.29, 1.82) is 0 Å². The first kappa shape index (κ1) is 16.5. The lowest BCUT2D eigenvalue weighted by Gasteiger charge is -2.19. The standard InChI is InChI=1S/C14H23NO5/c1-3-5-9-20-14(18)15-8-6-7-11(12(16)10-15)13(17)19-4-2/h11H,3-10H2,1-2H3. The molecule has 1 unspecified atom stereocenters. The molecule has 0 aromatic rings. The van der Waals surface area contributed by atoms with Crippen molar-refractivity contribution in [2.24, 2.45) is 5.92 Å². The molecule has 6 heteroatoms. The van der Waals surface area contributed by atoms with Crippen molar-refractivity contribution in [2.45, 2.75) is 39.5 Å². The molecule has 20 heavy (non-hydrogen) atoms. The molecule has 1 amide bonds. The van der Waals surface area contributed by atoms with Crippen LogP contribution in [0, 0.1) is 5.92 Å². The summed E-state index contributed by atoms with van der Waals surface area (Å²) in [6.07, 6.45) is 2.29. The van der Waals surface area contributed by atoms with Crippen LogP contribution < -0.4 is 0 Å². The van der Waals surface area contributed by atoms with Gasteiger partial charge in [-0.3, -0.25) is 9.59 Å². The number of esters is 1. The number of hydrogen-bond donors (Lipinski definition) is 0. The van der Waals surface area contributed by atoms with Crippen LogP contribution in [0.4, 0.5) is 4.79 Å². The van der Waals surface area contributed by atoms with Crippen molar-refractivity contribution in [3.05, 3.63) is 0 Å². The molecule has 1 aliphatic rings. The Morgan fingerprint density at radius 2 is 2.05 bits per heavy atom. The van der Waals surface area contributed by atoms with Gasteiger partial charge < -0.3 is 14.4 Å². The Balaban J connectivity index is 2.53. The molecule has 1 saturated heterocycles. The first-order valence-electron chi connectivity index (χ1n) is 7.21. The fourth-order valence-electron chi connectivity index (χ4n) is 2.07. The lowest BCUT2D eigenvalue weighted by Crippen LogP contribution is -2.38. The summed E-state index contributed by atoms with van der Waals surface area (Å²) in [4.78, 5) is 36.9. The number of carbonyl (C=O) groups is 3. The fourth-order valence-corrected chi connectivity index (χ4v) is 2.07. The summed E-state index contributed by atoms with van der Waals surface area (Å²) < 4.78 is 9.98. The number of nitrogens with zero attached hydrogens (tertiary/aromatic N) is 1. The van der Waals surface area contributed by atoms with E-state index in [1.54, 1.807) is 6.92 Å². The average molecular weight is 285 g/mol. The fraction of sp³-hybridized carbons (Fsp3) is 0.786. The van der Waals surface area contributed by atoms with Crippen LogP contribution in [-0.2, 0) is 19.1 Å². The number of unbranched alkanes of at least 4 members (excludes halogenated alkanes) is 1. The second-order valence-corrected chi connectivity index (χ2v) is 4.80. The van der Waals surface area contributed by atoms with Gasteiger partial charge in [-0.1, -0.05) is 13.3 Å². The number of hydrogen-bond acceptors (Lipinski definition) is 5. The van der Waals surface area contributed by atoms with E-state index in [0.29, 0.717) is 26.0 Å². The van der Waals surface area contributed by atoms with E-state index in [9.17, 15) is 14.4 Å². The van der Waals surface area contributed by atoms with Gasteiger partial charge in [0.2, 0.25) is 0 Å². The van der Waals surface area contributed by atoms with Gasteiger partial charge >= 0.3 is 12.1 Å². The molecule has 0 radical (unpaired) electrons. The molecule has 0 aliphatic carbocycles. The zero-order valence-corrected chi connectivity index (χ0v) is 12.2. The molecule has 0 N–H and O–H groups in total. The SMILES string of the molecule is CCCCOC(=O)N1CCCC(C(=O)OCC)C(=O)C1. The Morgan fingerprint density at radius 3 is 2.70 bits per heavy atom. The van der Waals surface area contributed by atoms with E-state index >= 15 is 0 Å². The van der Waals surface area contributed by atoms with Gasteiger partial charge in [0, 0.05) is 6.54 Å². The summed E-state index contributed by atoms with van der Waals surface area (Å²) in [7, 11) is 0. The maximum Gasteiger partial charge on any atom is 0.410 e. The molecule has 114 valence electrons. The molecular weight excluding hydrogens is 262 g/mol. The lowest BCUT2D eigenvalue weighted by atomic mass is 10.00. The highest BCUT2D eigenvalue weighted by Gasteiger charge is 2.33. The van der Waals surface area contributed by atoms with E-state index in [-0.39, 0.29) is 18.9 Å². The Kier molecular flexibility index (Phi) is 7.04. The quantitative estimate of drug-likeness (QED) is 0.437. The van der Waals surface area contributed by atoms with Crippen molar-refractivity contribution in [1.82, 2.24) is 4.90 Å².